The fourth-order valence-electron chi connectivity index (χ4n) is 2.62. The second kappa shape index (κ2) is 4.12. The van der Waals surface area contributed by atoms with Gasteiger partial charge in [-0.15, -0.1) is 0 Å². The predicted molar refractivity (Wildman–Crippen MR) is 72.1 cm³/mol. The zero-order valence-corrected chi connectivity index (χ0v) is 10.4. The van der Waals surface area contributed by atoms with E-state index in [1.165, 1.54) is 0 Å². The van der Waals surface area contributed by atoms with E-state index in [0.717, 1.165) is 36.6 Å². The maximum absolute atomic E-state index is 5.80. The highest BCUT2D eigenvalue weighted by atomic mass is 16.4. The molecule has 96 valence electrons. The quantitative estimate of drug-likeness (QED) is 0.705. The number of benzene rings is 1. The molecule has 3 aromatic rings. The first-order valence-corrected chi connectivity index (χ1v) is 6.50. The summed E-state index contributed by atoms with van der Waals surface area (Å²) in [7, 11) is 0. The molecule has 3 heterocycles. The third kappa shape index (κ3) is 1.78. The zero-order chi connectivity index (χ0) is 12.7. The largest absolute Gasteiger partial charge is 0.423 e. The fourth-order valence-corrected chi connectivity index (χ4v) is 2.62. The van der Waals surface area contributed by atoms with E-state index >= 15 is 0 Å². The highest BCUT2D eigenvalue weighted by molar-refractivity contribution is 5.74. The Balaban J connectivity index is 1.60. The van der Waals surface area contributed by atoms with E-state index in [-0.39, 0.29) is 0 Å². The van der Waals surface area contributed by atoms with Crippen molar-refractivity contribution in [2.24, 2.45) is 0 Å². The summed E-state index contributed by atoms with van der Waals surface area (Å²) in [6.45, 7) is 1.85. The number of aromatic nitrogens is 3. The van der Waals surface area contributed by atoms with Gasteiger partial charge in [-0.25, -0.2) is 0 Å². The topological polar surface area (TPSA) is 47.1 Å². The summed E-state index contributed by atoms with van der Waals surface area (Å²) in [5, 5.41) is 4.31. The van der Waals surface area contributed by atoms with Gasteiger partial charge in [0, 0.05) is 25.5 Å². The first-order valence-electron chi connectivity index (χ1n) is 6.50. The first kappa shape index (κ1) is 10.6. The van der Waals surface area contributed by atoms with E-state index < -0.39 is 0 Å². The summed E-state index contributed by atoms with van der Waals surface area (Å²) in [5.74, 6) is 0. The van der Waals surface area contributed by atoms with Crippen LogP contribution < -0.4 is 4.90 Å². The monoisotopic (exact) mass is 254 g/mol. The average Bonchev–Trinajstić information content (AvgIpc) is 3.17. The average molecular weight is 254 g/mol. The number of rotatable bonds is 2. The van der Waals surface area contributed by atoms with Gasteiger partial charge in [-0.1, -0.05) is 12.1 Å². The zero-order valence-electron chi connectivity index (χ0n) is 10.4. The second-order valence-electron chi connectivity index (χ2n) is 4.84. The van der Waals surface area contributed by atoms with Gasteiger partial charge >= 0.3 is 0 Å². The fraction of sp³-hybridized carbons (Fsp3) is 0.286. The lowest BCUT2D eigenvalue weighted by Gasteiger charge is -2.13. The van der Waals surface area contributed by atoms with Gasteiger partial charge < -0.3 is 9.32 Å². The Kier molecular flexibility index (Phi) is 2.30. The van der Waals surface area contributed by atoms with Gasteiger partial charge in [-0.05, 0) is 24.6 Å². The SMILES string of the molecule is c1ccc2oc(N3CCC(n4cccn4)C3)nc2c1. The van der Waals surface area contributed by atoms with Gasteiger partial charge in [0.05, 0.1) is 6.04 Å². The molecule has 1 fully saturated rings. The van der Waals surface area contributed by atoms with Crippen LogP contribution in [0.4, 0.5) is 6.01 Å². The standard InChI is InChI=1S/C14H14N4O/c1-2-5-13-12(4-1)16-14(19-13)17-9-6-11(10-17)18-8-3-7-15-18/h1-5,7-8,11H,6,9-10H2. The molecule has 4 rings (SSSR count). The highest BCUT2D eigenvalue weighted by Crippen LogP contribution is 2.28. The third-order valence-electron chi connectivity index (χ3n) is 3.62. The van der Waals surface area contributed by atoms with Crippen molar-refractivity contribution in [2.45, 2.75) is 12.5 Å². The lowest BCUT2D eigenvalue weighted by Crippen LogP contribution is -2.21. The van der Waals surface area contributed by atoms with Crippen molar-refractivity contribution in [2.75, 3.05) is 18.0 Å². The molecule has 0 bridgehead atoms. The van der Waals surface area contributed by atoms with Crippen LogP contribution in [-0.2, 0) is 0 Å². The van der Waals surface area contributed by atoms with Gasteiger partial charge in [0.15, 0.2) is 5.58 Å². The summed E-state index contributed by atoms with van der Waals surface area (Å²) in [5.41, 5.74) is 1.76. The number of para-hydroxylation sites is 2. The summed E-state index contributed by atoms with van der Waals surface area (Å²) < 4.78 is 7.82. The minimum Gasteiger partial charge on any atom is -0.423 e. The molecule has 19 heavy (non-hydrogen) atoms. The van der Waals surface area contributed by atoms with E-state index in [1.807, 2.05) is 47.4 Å². The van der Waals surface area contributed by atoms with E-state index in [4.69, 9.17) is 4.42 Å². The molecule has 0 N–H and O–H groups in total. The molecule has 0 spiro atoms. The van der Waals surface area contributed by atoms with Crippen molar-refractivity contribution in [3.8, 4) is 0 Å². The van der Waals surface area contributed by atoms with Crippen LogP contribution in [0.5, 0.6) is 0 Å². The lowest BCUT2D eigenvalue weighted by molar-refractivity contribution is 0.490. The molecule has 1 unspecified atom stereocenters. The molecule has 0 radical (unpaired) electrons. The number of hydrogen-bond acceptors (Lipinski definition) is 4. The van der Waals surface area contributed by atoms with E-state index in [1.54, 1.807) is 0 Å². The molecular formula is C14H14N4O. The van der Waals surface area contributed by atoms with Gasteiger partial charge in [0.25, 0.3) is 6.01 Å². The minimum absolute atomic E-state index is 0.407. The predicted octanol–water partition coefficient (Wildman–Crippen LogP) is 2.48. The Bertz CT molecular complexity index is 655. The second-order valence-corrected chi connectivity index (χ2v) is 4.84. The van der Waals surface area contributed by atoms with Crippen LogP contribution in [0.15, 0.2) is 47.1 Å². The van der Waals surface area contributed by atoms with Crippen molar-refractivity contribution >= 4 is 17.1 Å². The Hall–Kier alpha value is -2.30. The van der Waals surface area contributed by atoms with Crippen LogP contribution in [-0.4, -0.2) is 27.9 Å². The maximum Gasteiger partial charge on any atom is 0.298 e. The van der Waals surface area contributed by atoms with Crippen LogP contribution in [0, 0.1) is 0 Å². The Morgan fingerprint density at radius 3 is 3.00 bits per heavy atom. The van der Waals surface area contributed by atoms with Crippen LogP contribution in [0.25, 0.3) is 11.1 Å². The molecule has 1 aromatic carbocycles. The number of fused-ring (bicyclic) bond motifs is 1. The molecule has 5 nitrogen and oxygen atoms in total. The molecule has 0 saturated carbocycles. The van der Waals surface area contributed by atoms with Crippen LogP contribution in [0.3, 0.4) is 0 Å². The maximum atomic E-state index is 5.80. The third-order valence-corrected chi connectivity index (χ3v) is 3.62. The van der Waals surface area contributed by atoms with E-state index in [9.17, 15) is 0 Å². The van der Waals surface area contributed by atoms with Crippen LogP contribution >= 0.6 is 0 Å². The van der Waals surface area contributed by atoms with Crippen molar-refractivity contribution < 1.29 is 4.42 Å². The summed E-state index contributed by atoms with van der Waals surface area (Å²) in [6, 6.07) is 11.0. The normalized spacial score (nSPS) is 19.4. The molecule has 1 saturated heterocycles. The van der Waals surface area contributed by atoms with Crippen LogP contribution in [0.1, 0.15) is 12.5 Å². The summed E-state index contributed by atoms with van der Waals surface area (Å²) in [6.07, 6.45) is 4.91. The molecule has 1 aliphatic heterocycles. The first-order chi connectivity index (χ1) is 9.40. The van der Waals surface area contributed by atoms with Crippen LogP contribution in [0.2, 0.25) is 0 Å². The molecule has 1 atom stereocenters. The number of hydrogen-bond donors (Lipinski definition) is 0. The number of nitrogens with zero attached hydrogens (tertiary/aromatic N) is 4. The Labute approximate surface area is 110 Å². The smallest absolute Gasteiger partial charge is 0.298 e. The van der Waals surface area contributed by atoms with Crippen molar-refractivity contribution in [1.29, 1.82) is 0 Å². The number of anilines is 1. The van der Waals surface area contributed by atoms with Gasteiger partial charge in [-0.3, -0.25) is 4.68 Å². The summed E-state index contributed by atoms with van der Waals surface area (Å²) >= 11 is 0. The molecule has 0 aliphatic carbocycles. The molecule has 2 aromatic heterocycles. The lowest BCUT2D eigenvalue weighted by atomic mass is 10.3. The molecule has 0 amide bonds. The molecular weight excluding hydrogens is 240 g/mol. The van der Waals surface area contributed by atoms with Crippen molar-refractivity contribution in [3.63, 3.8) is 0 Å². The Morgan fingerprint density at radius 2 is 2.16 bits per heavy atom. The van der Waals surface area contributed by atoms with Gasteiger partial charge in [0.1, 0.15) is 5.52 Å². The Morgan fingerprint density at radius 1 is 1.21 bits per heavy atom. The molecule has 1 aliphatic rings. The van der Waals surface area contributed by atoms with Gasteiger partial charge in [0.2, 0.25) is 0 Å². The van der Waals surface area contributed by atoms with Gasteiger partial charge in [-0.2, -0.15) is 10.1 Å². The van der Waals surface area contributed by atoms with Crippen molar-refractivity contribution in [1.82, 2.24) is 14.8 Å². The minimum atomic E-state index is 0.407. The summed E-state index contributed by atoms with van der Waals surface area (Å²) in [4.78, 5) is 6.73. The molecule has 5 heteroatoms. The van der Waals surface area contributed by atoms with E-state index in [0.29, 0.717) is 6.04 Å². The highest BCUT2D eigenvalue weighted by Gasteiger charge is 2.27. The van der Waals surface area contributed by atoms with Crippen molar-refractivity contribution in [3.05, 3.63) is 42.7 Å². The van der Waals surface area contributed by atoms with E-state index in [2.05, 4.69) is 15.0 Å². The number of oxazole rings is 1.